The highest BCUT2D eigenvalue weighted by atomic mass is 16.4. The molecule has 92 valence electrons. The molecule has 1 aromatic carbocycles. The quantitative estimate of drug-likeness (QED) is 0.846. The number of hydrogen-bond donors (Lipinski definition) is 1. The van der Waals surface area contributed by atoms with Gasteiger partial charge in [-0.3, -0.25) is 9.59 Å². The average Bonchev–Trinajstić information content (AvgIpc) is 2.23. The number of nitrogens with zero attached hydrogens (tertiary/aromatic N) is 1. The van der Waals surface area contributed by atoms with Gasteiger partial charge in [-0.15, -0.1) is 0 Å². The van der Waals surface area contributed by atoms with Gasteiger partial charge < -0.3 is 10.0 Å². The van der Waals surface area contributed by atoms with Crippen molar-refractivity contribution < 1.29 is 14.7 Å². The number of carbonyl (C=O) groups excluding carboxylic acids is 1. The van der Waals surface area contributed by atoms with Crippen molar-refractivity contribution in [2.45, 2.75) is 26.8 Å². The van der Waals surface area contributed by atoms with Crippen molar-refractivity contribution in [1.82, 2.24) is 4.90 Å². The first-order chi connectivity index (χ1) is 7.99. The molecule has 1 amide bonds. The van der Waals surface area contributed by atoms with Crippen LogP contribution in [0.5, 0.6) is 0 Å². The lowest BCUT2D eigenvalue weighted by Crippen LogP contribution is -2.30. The van der Waals surface area contributed by atoms with Gasteiger partial charge in [0.25, 0.3) is 0 Å². The fourth-order valence-corrected chi connectivity index (χ4v) is 1.61. The molecule has 0 aliphatic rings. The van der Waals surface area contributed by atoms with Crippen LogP contribution in [-0.4, -0.2) is 28.4 Å². The van der Waals surface area contributed by atoms with Crippen molar-refractivity contribution in [1.29, 1.82) is 0 Å². The van der Waals surface area contributed by atoms with E-state index >= 15 is 0 Å². The molecule has 1 aromatic rings. The summed E-state index contributed by atoms with van der Waals surface area (Å²) in [6, 6.07) is 7.85. The lowest BCUT2D eigenvalue weighted by molar-refractivity contribution is -0.138. The second-order valence-electron chi connectivity index (χ2n) is 4.07. The van der Waals surface area contributed by atoms with E-state index in [1.807, 2.05) is 31.2 Å². The van der Waals surface area contributed by atoms with Gasteiger partial charge in [0.1, 0.15) is 0 Å². The summed E-state index contributed by atoms with van der Waals surface area (Å²) in [7, 11) is 0. The molecule has 0 radical (unpaired) electrons. The highest BCUT2D eigenvalue weighted by Crippen LogP contribution is 2.08. The third-order valence-corrected chi connectivity index (χ3v) is 2.50. The molecular formula is C13H17NO3. The minimum atomic E-state index is -0.888. The topological polar surface area (TPSA) is 57.6 Å². The Morgan fingerprint density at radius 2 is 2.06 bits per heavy atom. The van der Waals surface area contributed by atoms with Gasteiger partial charge in [-0.05, 0) is 12.5 Å². The van der Waals surface area contributed by atoms with E-state index in [1.54, 1.807) is 4.90 Å². The predicted molar refractivity (Wildman–Crippen MR) is 64.5 cm³/mol. The summed E-state index contributed by atoms with van der Waals surface area (Å²) in [5, 5.41) is 8.62. The fourth-order valence-electron chi connectivity index (χ4n) is 1.61. The molecule has 0 bridgehead atoms. The van der Waals surface area contributed by atoms with Crippen molar-refractivity contribution in [2.24, 2.45) is 0 Å². The SMILES string of the molecule is CC(=O)N(CCC(=O)O)Cc1cccc(C)c1. The maximum atomic E-state index is 11.4. The van der Waals surface area contributed by atoms with Crippen LogP contribution >= 0.6 is 0 Å². The molecule has 0 atom stereocenters. The highest BCUT2D eigenvalue weighted by molar-refractivity contribution is 5.74. The largest absolute Gasteiger partial charge is 0.481 e. The van der Waals surface area contributed by atoms with Gasteiger partial charge in [0.15, 0.2) is 0 Å². The van der Waals surface area contributed by atoms with Crippen LogP contribution in [0.1, 0.15) is 24.5 Å². The Labute approximate surface area is 101 Å². The molecule has 0 aliphatic heterocycles. The number of hydrogen-bond acceptors (Lipinski definition) is 2. The van der Waals surface area contributed by atoms with Crippen molar-refractivity contribution in [3.05, 3.63) is 35.4 Å². The summed E-state index contributed by atoms with van der Waals surface area (Å²) in [4.78, 5) is 23.4. The summed E-state index contributed by atoms with van der Waals surface area (Å²) in [5.74, 6) is -0.992. The Kier molecular flexibility index (Phi) is 4.69. The molecule has 0 unspecified atom stereocenters. The van der Waals surface area contributed by atoms with E-state index in [0.717, 1.165) is 11.1 Å². The number of benzene rings is 1. The van der Waals surface area contributed by atoms with E-state index in [1.165, 1.54) is 6.92 Å². The number of carboxylic acid groups (broad SMARTS) is 1. The molecule has 0 saturated heterocycles. The van der Waals surface area contributed by atoms with Crippen molar-refractivity contribution in [3.63, 3.8) is 0 Å². The molecule has 0 aromatic heterocycles. The maximum Gasteiger partial charge on any atom is 0.305 e. The zero-order chi connectivity index (χ0) is 12.8. The third kappa shape index (κ3) is 4.68. The Hall–Kier alpha value is -1.84. The van der Waals surface area contributed by atoms with Crippen LogP contribution in [-0.2, 0) is 16.1 Å². The second-order valence-corrected chi connectivity index (χ2v) is 4.07. The first kappa shape index (κ1) is 13.2. The Bertz CT molecular complexity index is 415. The number of rotatable bonds is 5. The molecule has 4 nitrogen and oxygen atoms in total. The van der Waals surface area contributed by atoms with Crippen molar-refractivity contribution >= 4 is 11.9 Å². The van der Waals surface area contributed by atoms with E-state index in [2.05, 4.69) is 0 Å². The molecule has 0 heterocycles. The minimum absolute atomic E-state index is 0.0224. The zero-order valence-corrected chi connectivity index (χ0v) is 10.1. The molecule has 17 heavy (non-hydrogen) atoms. The van der Waals surface area contributed by atoms with E-state index in [4.69, 9.17) is 5.11 Å². The lowest BCUT2D eigenvalue weighted by atomic mass is 10.1. The normalized spacial score (nSPS) is 10.0. The first-order valence-corrected chi connectivity index (χ1v) is 5.52. The fraction of sp³-hybridized carbons (Fsp3) is 0.385. The molecule has 0 saturated carbocycles. The van der Waals surface area contributed by atoms with Gasteiger partial charge >= 0.3 is 5.97 Å². The summed E-state index contributed by atoms with van der Waals surface area (Å²) in [6.45, 7) is 4.15. The number of carboxylic acids is 1. The smallest absolute Gasteiger partial charge is 0.305 e. The molecule has 4 heteroatoms. The van der Waals surface area contributed by atoms with Crippen LogP contribution in [0.4, 0.5) is 0 Å². The van der Waals surface area contributed by atoms with E-state index in [9.17, 15) is 9.59 Å². The monoisotopic (exact) mass is 235 g/mol. The number of amides is 1. The zero-order valence-electron chi connectivity index (χ0n) is 10.1. The molecule has 1 N–H and O–H groups in total. The van der Waals surface area contributed by atoms with Gasteiger partial charge in [0, 0.05) is 20.0 Å². The lowest BCUT2D eigenvalue weighted by Gasteiger charge is -2.20. The predicted octanol–water partition coefficient (Wildman–Crippen LogP) is 1.82. The van der Waals surface area contributed by atoms with Gasteiger partial charge in [0.05, 0.1) is 6.42 Å². The van der Waals surface area contributed by atoms with Crippen LogP contribution in [0.15, 0.2) is 24.3 Å². The average molecular weight is 235 g/mol. The van der Waals surface area contributed by atoms with Crippen molar-refractivity contribution in [3.8, 4) is 0 Å². The van der Waals surface area contributed by atoms with Crippen LogP contribution in [0.3, 0.4) is 0 Å². The Balaban J connectivity index is 2.66. The van der Waals surface area contributed by atoms with E-state index < -0.39 is 5.97 Å². The molecular weight excluding hydrogens is 218 g/mol. The summed E-state index contributed by atoms with van der Waals surface area (Å²) in [5.41, 5.74) is 2.15. The molecule has 0 spiro atoms. The summed E-state index contributed by atoms with van der Waals surface area (Å²) in [6.07, 6.45) is -0.0224. The third-order valence-electron chi connectivity index (χ3n) is 2.50. The van der Waals surface area contributed by atoms with Crippen molar-refractivity contribution in [2.75, 3.05) is 6.54 Å². The van der Waals surface area contributed by atoms with E-state index in [-0.39, 0.29) is 18.9 Å². The number of aryl methyl sites for hydroxylation is 1. The molecule has 0 fully saturated rings. The van der Waals surface area contributed by atoms with Crippen LogP contribution in [0.25, 0.3) is 0 Å². The van der Waals surface area contributed by atoms with Crippen LogP contribution in [0.2, 0.25) is 0 Å². The first-order valence-electron chi connectivity index (χ1n) is 5.52. The standard InChI is InChI=1S/C13H17NO3/c1-10-4-3-5-12(8-10)9-14(11(2)15)7-6-13(16)17/h3-5,8H,6-7,9H2,1-2H3,(H,16,17). The van der Waals surface area contributed by atoms with Crippen LogP contribution < -0.4 is 0 Å². The highest BCUT2D eigenvalue weighted by Gasteiger charge is 2.11. The number of carbonyl (C=O) groups is 2. The molecule has 0 aliphatic carbocycles. The van der Waals surface area contributed by atoms with Gasteiger partial charge in [0.2, 0.25) is 5.91 Å². The summed E-state index contributed by atoms with van der Waals surface area (Å²) < 4.78 is 0. The Morgan fingerprint density at radius 1 is 1.35 bits per heavy atom. The second kappa shape index (κ2) is 6.03. The summed E-state index contributed by atoms with van der Waals surface area (Å²) >= 11 is 0. The van der Waals surface area contributed by atoms with Gasteiger partial charge in [-0.25, -0.2) is 0 Å². The Morgan fingerprint density at radius 3 is 2.59 bits per heavy atom. The van der Waals surface area contributed by atoms with Gasteiger partial charge in [-0.1, -0.05) is 29.8 Å². The van der Waals surface area contributed by atoms with E-state index in [0.29, 0.717) is 6.54 Å². The molecule has 1 rings (SSSR count). The maximum absolute atomic E-state index is 11.4. The number of aliphatic carboxylic acids is 1. The minimum Gasteiger partial charge on any atom is -0.481 e. The van der Waals surface area contributed by atoms with Crippen LogP contribution in [0, 0.1) is 6.92 Å². The van der Waals surface area contributed by atoms with Gasteiger partial charge in [-0.2, -0.15) is 0 Å².